The Labute approximate surface area is 263 Å². The van der Waals surface area contributed by atoms with Gasteiger partial charge in [-0.15, -0.1) is 0 Å². The summed E-state index contributed by atoms with van der Waals surface area (Å²) < 4.78 is 0. The number of allylic oxidation sites excluding steroid dienone is 4. The zero-order chi connectivity index (χ0) is 30.6. The highest BCUT2D eigenvalue weighted by Gasteiger charge is 2.31. The van der Waals surface area contributed by atoms with Crippen molar-refractivity contribution in [1.29, 1.82) is 0 Å². The third-order valence-corrected chi connectivity index (χ3v) is 9.93. The lowest BCUT2D eigenvalue weighted by Crippen LogP contribution is -2.30. The molecule has 0 atom stereocenters. The smallest absolute Gasteiger partial charge is 0.0217 e. The van der Waals surface area contributed by atoms with E-state index < -0.39 is 0 Å². The van der Waals surface area contributed by atoms with Gasteiger partial charge in [0.2, 0.25) is 0 Å². The van der Waals surface area contributed by atoms with Crippen LogP contribution in [0.2, 0.25) is 0 Å². The Morgan fingerprint density at radius 3 is 1.84 bits per heavy atom. The highest BCUT2D eigenvalue weighted by atomic mass is 14.3. The molecule has 0 saturated heterocycles. The number of benzene rings is 4. The van der Waals surface area contributed by atoms with Crippen LogP contribution in [0.15, 0.2) is 97.1 Å². The molecule has 3 aliphatic rings. The zero-order valence-electron chi connectivity index (χ0n) is 27.4. The van der Waals surface area contributed by atoms with Crippen LogP contribution in [-0.4, -0.2) is 0 Å². The highest BCUT2D eigenvalue weighted by Crippen LogP contribution is 2.43. The monoisotopic (exact) mass is 574 g/mol. The standard InChI is InChI=1S/C44H46/c1-43(2,3)37-28-35-33(26-34(37)29-18-10-7-11-19-29)27-36-38(30-24-16-17-25-30)39(31-20-12-8-13-21-31)42(44(4,5)6)40(41(35)36)32-22-14-9-15-23-32/h7-8,10-13,16-21,24-28,30H,9,14-15,22-23H2,1-6H3. The van der Waals surface area contributed by atoms with Crippen LogP contribution in [0, 0.1) is 10.4 Å². The number of fused-ring (bicyclic) bond motifs is 2. The fourth-order valence-corrected chi connectivity index (χ4v) is 8.01. The molecule has 0 radical (unpaired) electrons. The Kier molecular flexibility index (Phi) is 7.16. The molecule has 0 aliphatic heterocycles. The van der Waals surface area contributed by atoms with E-state index in [2.05, 4.69) is 145 Å². The maximum Gasteiger partial charge on any atom is 0.0217 e. The molecule has 222 valence electrons. The number of hydrogen-bond acceptors (Lipinski definition) is 0. The van der Waals surface area contributed by atoms with E-state index in [4.69, 9.17) is 0 Å². The zero-order valence-corrected chi connectivity index (χ0v) is 27.4. The summed E-state index contributed by atoms with van der Waals surface area (Å²) in [5.74, 6) is 0.256. The van der Waals surface area contributed by atoms with E-state index in [1.54, 1.807) is 10.8 Å². The van der Waals surface area contributed by atoms with Gasteiger partial charge in [-0.2, -0.15) is 0 Å². The first-order chi connectivity index (χ1) is 21.1. The minimum Gasteiger partial charge on any atom is -0.0732 e. The summed E-state index contributed by atoms with van der Waals surface area (Å²) in [6.07, 6.45) is 18.1. The van der Waals surface area contributed by atoms with Gasteiger partial charge in [-0.1, -0.05) is 139 Å². The summed E-state index contributed by atoms with van der Waals surface area (Å²) in [5, 5.41) is 5.84. The van der Waals surface area contributed by atoms with Gasteiger partial charge in [0.25, 0.3) is 0 Å². The molecule has 3 aliphatic carbocycles. The molecule has 1 saturated carbocycles. The van der Waals surface area contributed by atoms with Crippen LogP contribution in [0.25, 0.3) is 33.9 Å². The second-order valence-electron chi connectivity index (χ2n) is 15.1. The summed E-state index contributed by atoms with van der Waals surface area (Å²) in [4.78, 5) is 0. The fraction of sp³-hybridized carbons (Fsp3) is 0.318. The molecule has 0 aromatic heterocycles. The lowest BCUT2D eigenvalue weighted by molar-refractivity contribution is 0.581. The molecule has 0 N–H and O–H groups in total. The third-order valence-electron chi connectivity index (χ3n) is 9.93. The average molecular weight is 575 g/mol. The van der Waals surface area contributed by atoms with Crippen LogP contribution in [0.1, 0.15) is 102 Å². The number of hydrogen-bond donors (Lipinski definition) is 0. The van der Waals surface area contributed by atoms with Crippen LogP contribution in [0.4, 0.5) is 0 Å². The summed E-state index contributed by atoms with van der Waals surface area (Å²) in [6.45, 7) is 14.4. The molecule has 0 unspecified atom stereocenters. The molecule has 44 heavy (non-hydrogen) atoms. The van der Waals surface area contributed by atoms with Gasteiger partial charge in [0.15, 0.2) is 0 Å². The van der Waals surface area contributed by atoms with Gasteiger partial charge in [-0.3, -0.25) is 0 Å². The van der Waals surface area contributed by atoms with E-state index in [0.717, 1.165) is 0 Å². The van der Waals surface area contributed by atoms with Crippen molar-refractivity contribution < 1.29 is 0 Å². The van der Waals surface area contributed by atoms with Gasteiger partial charge < -0.3 is 0 Å². The summed E-state index contributed by atoms with van der Waals surface area (Å²) in [5.41, 5.74) is 13.0. The maximum absolute atomic E-state index is 2.58. The average Bonchev–Trinajstić information content (AvgIpc) is 3.68. The highest BCUT2D eigenvalue weighted by molar-refractivity contribution is 5.82. The van der Waals surface area contributed by atoms with E-state index in [1.165, 1.54) is 92.3 Å². The van der Waals surface area contributed by atoms with Crippen LogP contribution < -0.4 is 10.4 Å². The Hall–Kier alpha value is -3.90. The Balaban J connectivity index is 1.76. The summed E-state index contributed by atoms with van der Waals surface area (Å²) in [7, 11) is 0. The third kappa shape index (κ3) is 4.93. The molecular weight excluding hydrogens is 528 g/mol. The lowest BCUT2D eigenvalue weighted by Gasteiger charge is -2.31. The molecule has 0 amide bonds. The van der Waals surface area contributed by atoms with Gasteiger partial charge in [0, 0.05) is 5.92 Å². The van der Waals surface area contributed by atoms with Gasteiger partial charge >= 0.3 is 0 Å². The molecule has 7 rings (SSSR count). The Morgan fingerprint density at radius 1 is 0.636 bits per heavy atom. The Bertz CT molecular complexity index is 2000. The van der Waals surface area contributed by atoms with Crippen molar-refractivity contribution in [1.82, 2.24) is 0 Å². The molecule has 4 aromatic rings. The lowest BCUT2D eigenvalue weighted by atomic mass is 9.73. The minimum absolute atomic E-state index is 0.0116. The minimum atomic E-state index is -0.0274. The SMILES string of the molecule is CC(C)(C)c1cc2c(cc1-c1ccccc1)=Cc1c(C3C=CC=C3)c(-c3ccccc3)c(C(C)(C)C)c(=C3CCCCC3)c1=2. The van der Waals surface area contributed by atoms with Gasteiger partial charge in [-0.05, 0) is 120 Å². The first kappa shape index (κ1) is 28.8. The molecule has 0 heteroatoms. The van der Waals surface area contributed by atoms with Crippen molar-refractivity contribution in [2.75, 3.05) is 0 Å². The summed E-state index contributed by atoms with van der Waals surface area (Å²) in [6, 6.07) is 27.3. The second-order valence-corrected chi connectivity index (χ2v) is 15.1. The molecule has 1 fully saturated rings. The van der Waals surface area contributed by atoms with Crippen molar-refractivity contribution in [2.24, 2.45) is 0 Å². The molecule has 0 spiro atoms. The number of rotatable bonds is 3. The van der Waals surface area contributed by atoms with Gasteiger partial charge in [0.05, 0.1) is 0 Å². The van der Waals surface area contributed by atoms with Crippen LogP contribution >= 0.6 is 0 Å². The van der Waals surface area contributed by atoms with Crippen molar-refractivity contribution in [3.05, 3.63) is 140 Å². The molecule has 0 bridgehead atoms. The summed E-state index contributed by atoms with van der Waals surface area (Å²) >= 11 is 0. The van der Waals surface area contributed by atoms with E-state index in [1.807, 2.05) is 0 Å². The van der Waals surface area contributed by atoms with Crippen molar-refractivity contribution >= 4 is 11.6 Å². The van der Waals surface area contributed by atoms with Crippen LogP contribution in [0.5, 0.6) is 0 Å². The topological polar surface area (TPSA) is 0 Å². The van der Waals surface area contributed by atoms with E-state index in [-0.39, 0.29) is 16.7 Å². The molecule has 0 nitrogen and oxygen atoms in total. The fourth-order valence-electron chi connectivity index (χ4n) is 8.01. The predicted molar refractivity (Wildman–Crippen MR) is 189 cm³/mol. The van der Waals surface area contributed by atoms with E-state index >= 15 is 0 Å². The van der Waals surface area contributed by atoms with Crippen molar-refractivity contribution in [2.45, 2.75) is 90.4 Å². The molecule has 4 aromatic carbocycles. The Morgan fingerprint density at radius 2 is 1.25 bits per heavy atom. The van der Waals surface area contributed by atoms with Crippen LogP contribution in [0.3, 0.4) is 0 Å². The maximum atomic E-state index is 2.58. The second kappa shape index (κ2) is 10.9. The van der Waals surface area contributed by atoms with E-state index in [0.29, 0.717) is 0 Å². The van der Waals surface area contributed by atoms with Gasteiger partial charge in [0.1, 0.15) is 0 Å². The van der Waals surface area contributed by atoms with Crippen molar-refractivity contribution in [3.8, 4) is 22.3 Å². The quantitative estimate of drug-likeness (QED) is 0.201. The predicted octanol–water partition coefficient (Wildman–Crippen LogP) is 10.4. The van der Waals surface area contributed by atoms with Gasteiger partial charge in [-0.25, -0.2) is 0 Å². The van der Waals surface area contributed by atoms with Crippen molar-refractivity contribution in [3.63, 3.8) is 0 Å². The first-order valence-electron chi connectivity index (χ1n) is 16.7. The largest absolute Gasteiger partial charge is 0.0732 e. The normalized spacial score (nSPS) is 16.3. The first-order valence-corrected chi connectivity index (χ1v) is 16.7. The van der Waals surface area contributed by atoms with Crippen LogP contribution in [-0.2, 0) is 10.8 Å². The molecular formula is C44H46. The molecule has 0 heterocycles. The van der Waals surface area contributed by atoms with E-state index in [9.17, 15) is 0 Å².